The molecule has 0 aliphatic carbocycles. The molecule has 0 saturated carbocycles. The Hall–Kier alpha value is -0.710. The maximum Gasteiger partial charge on any atom is 0.118 e. The van der Waals surface area contributed by atoms with Crippen LogP contribution in [0.15, 0.2) is 24.3 Å². The Labute approximate surface area is 120 Å². The van der Waals surface area contributed by atoms with Crippen LogP contribution in [0.3, 0.4) is 0 Å². The molecule has 0 heterocycles. The first kappa shape index (κ1) is 16.3. The van der Waals surface area contributed by atoms with Crippen molar-refractivity contribution in [2.45, 2.75) is 25.4 Å². The van der Waals surface area contributed by atoms with Gasteiger partial charge in [-0.1, -0.05) is 19.1 Å². The van der Waals surface area contributed by atoms with E-state index in [1.807, 2.05) is 25.3 Å². The van der Waals surface area contributed by atoms with Gasteiger partial charge >= 0.3 is 0 Å². The van der Waals surface area contributed by atoms with Gasteiger partial charge in [0.05, 0.1) is 12.7 Å². The molecule has 0 amide bonds. The maximum atomic E-state index is 10.1. The average Bonchev–Trinajstić information content (AvgIpc) is 2.38. The second-order valence-electron chi connectivity index (χ2n) is 5.24. The number of ether oxygens (including phenoxy) is 1. The van der Waals surface area contributed by atoms with Gasteiger partial charge in [-0.15, -0.1) is 0 Å². The zero-order valence-electron chi connectivity index (χ0n) is 12.3. The lowest BCUT2D eigenvalue weighted by atomic mass is 10.0. The summed E-state index contributed by atoms with van der Waals surface area (Å²) in [7, 11) is 1.67. The number of aliphatic hydroxyl groups is 1. The Kier molecular flexibility index (Phi) is 6.69. The van der Waals surface area contributed by atoms with Crippen LogP contribution in [0.5, 0.6) is 5.75 Å². The summed E-state index contributed by atoms with van der Waals surface area (Å²) in [5.74, 6) is 2.04. The van der Waals surface area contributed by atoms with Crippen molar-refractivity contribution in [3.8, 4) is 5.75 Å². The average molecular weight is 283 g/mol. The van der Waals surface area contributed by atoms with Gasteiger partial charge in [-0.3, -0.25) is 0 Å². The highest BCUT2D eigenvalue weighted by Gasteiger charge is 2.19. The Bertz CT molecular complexity index is 365. The van der Waals surface area contributed by atoms with E-state index in [4.69, 9.17) is 4.74 Å². The third-order valence-corrected chi connectivity index (χ3v) is 4.01. The van der Waals surface area contributed by atoms with Gasteiger partial charge in [-0.05, 0) is 36.8 Å². The lowest BCUT2D eigenvalue weighted by Gasteiger charge is -2.24. The van der Waals surface area contributed by atoms with Crippen LogP contribution in [0, 0.1) is 0 Å². The minimum Gasteiger partial charge on any atom is -0.497 e. The van der Waals surface area contributed by atoms with Crippen LogP contribution >= 0.6 is 11.8 Å². The third-order valence-electron chi connectivity index (χ3n) is 3.10. The Morgan fingerprint density at radius 2 is 2.00 bits per heavy atom. The van der Waals surface area contributed by atoms with Crippen LogP contribution in [0.4, 0.5) is 0 Å². The van der Waals surface area contributed by atoms with Crippen molar-refractivity contribution >= 4 is 11.8 Å². The van der Waals surface area contributed by atoms with Crippen LogP contribution in [-0.2, 0) is 0 Å². The normalized spacial score (nSPS) is 15.8. The molecule has 2 atom stereocenters. The Balaban J connectivity index is 2.40. The van der Waals surface area contributed by atoms with E-state index in [2.05, 4.69) is 24.4 Å². The topological polar surface area (TPSA) is 41.5 Å². The molecule has 0 bridgehead atoms. The molecule has 3 nitrogen and oxygen atoms in total. The molecule has 19 heavy (non-hydrogen) atoms. The zero-order valence-corrected chi connectivity index (χ0v) is 13.1. The van der Waals surface area contributed by atoms with Crippen molar-refractivity contribution in [2.24, 2.45) is 0 Å². The fourth-order valence-corrected chi connectivity index (χ4v) is 2.69. The molecule has 1 aromatic carbocycles. The molecule has 0 aliphatic heterocycles. The van der Waals surface area contributed by atoms with Gasteiger partial charge in [0.2, 0.25) is 0 Å². The summed E-state index contributed by atoms with van der Waals surface area (Å²) in [4.78, 5) is 0. The first-order chi connectivity index (χ1) is 8.98. The van der Waals surface area contributed by atoms with E-state index < -0.39 is 5.60 Å². The van der Waals surface area contributed by atoms with Gasteiger partial charge in [0.25, 0.3) is 0 Å². The molecule has 1 aromatic rings. The first-order valence-corrected chi connectivity index (χ1v) is 7.94. The first-order valence-electron chi connectivity index (χ1n) is 6.54. The molecular weight excluding hydrogens is 258 g/mol. The summed E-state index contributed by atoms with van der Waals surface area (Å²) in [5, 5.41) is 13.4. The van der Waals surface area contributed by atoms with Crippen LogP contribution < -0.4 is 10.1 Å². The summed E-state index contributed by atoms with van der Waals surface area (Å²) < 4.78 is 5.15. The molecule has 0 aromatic heterocycles. The SMILES string of the molecule is COc1ccc(C(C)CNCC(C)(O)CSC)cc1. The smallest absolute Gasteiger partial charge is 0.118 e. The molecular formula is C15H25NO2S. The Morgan fingerprint density at radius 3 is 2.53 bits per heavy atom. The van der Waals surface area contributed by atoms with E-state index in [-0.39, 0.29) is 0 Å². The van der Waals surface area contributed by atoms with Gasteiger partial charge in [0.1, 0.15) is 5.75 Å². The maximum absolute atomic E-state index is 10.1. The number of benzene rings is 1. The molecule has 0 aliphatic rings. The van der Waals surface area contributed by atoms with Crippen molar-refractivity contribution < 1.29 is 9.84 Å². The molecule has 1 rings (SSSR count). The highest BCUT2D eigenvalue weighted by Crippen LogP contribution is 2.18. The van der Waals surface area contributed by atoms with Gasteiger partial charge in [0.15, 0.2) is 0 Å². The predicted molar refractivity (Wildman–Crippen MR) is 83.3 cm³/mol. The fourth-order valence-electron chi connectivity index (χ4n) is 1.97. The number of rotatable bonds is 8. The van der Waals surface area contributed by atoms with Gasteiger partial charge < -0.3 is 15.2 Å². The molecule has 0 radical (unpaired) electrons. The van der Waals surface area contributed by atoms with Crippen molar-refractivity contribution in [2.75, 3.05) is 32.2 Å². The summed E-state index contributed by atoms with van der Waals surface area (Å²) >= 11 is 1.66. The van der Waals surface area contributed by atoms with Gasteiger partial charge in [0, 0.05) is 18.8 Å². The molecule has 0 saturated heterocycles. The highest BCUT2D eigenvalue weighted by atomic mass is 32.2. The van der Waals surface area contributed by atoms with E-state index in [1.54, 1.807) is 18.9 Å². The van der Waals surface area contributed by atoms with Gasteiger partial charge in [-0.2, -0.15) is 11.8 Å². The van der Waals surface area contributed by atoms with Crippen molar-refractivity contribution in [3.63, 3.8) is 0 Å². The summed E-state index contributed by atoms with van der Waals surface area (Å²) in [6, 6.07) is 8.14. The van der Waals surface area contributed by atoms with E-state index in [9.17, 15) is 5.11 Å². The van der Waals surface area contributed by atoms with E-state index in [0.717, 1.165) is 18.0 Å². The molecule has 0 spiro atoms. The second-order valence-corrected chi connectivity index (χ2v) is 6.10. The van der Waals surface area contributed by atoms with Crippen molar-refractivity contribution in [3.05, 3.63) is 29.8 Å². The van der Waals surface area contributed by atoms with Crippen LogP contribution in [-0.4, -0.2) is 42.9 Å². The number of hydrogen-bond donors (Lipinski definition) is 2. The zero-order chi connectivity index (χ0) is 14.3. The molecule has 108 valence electrons. The minimum atomic E-state index is -0.640. The largest absolute Gasteiger partial charge is 0.497 e. The number of hydrogen-bond acceptors (Lipinski definition) is 4. The highest BCUT2D eigenvalue weighted by molar-refractivity contribution is 7.98. The van der Waals surface area contributed by atoms with Crippen molar-refractivity contribution in [1.82, 2.24) is 5.32 Å². The fraction of sp³-hybridized carbons (Fsp3) is 0.600. The number of methoxy groups -OCH3 is 1. The standard InChI is InChI=1S/C15H25NO2S/c1-12(9-16-10-15(2,17)11-19-4)13-5-7-14(18-3)8-6-13/h5-8,12,16-17H,9-11H2,1-4H3. The van der Waals surface area contributed by atoms with Crippen LogP contribution in [0.25, 0.3) is 0 Å². The molecule has 0 fully saturated rings. The Morgan fingerprint density at radius 1 is 1.37 bits per heavy atom. The summed E-state index contributed by atoms with van der Waals surface area (Å²) in [6.45, 7) is 5.53. The third kappa shape index (κ3) is 5.85. The lowest BCUT2D eigenvalue weighted by molar-refractivity contribution is 0.0847. The quantitative estimate of drug-likeness (QED) is 0.769. The molecule has 4 heteroatoms. The summed E-state index contributed by atoms with van der Waals surface area (Å²) in [5.41, 5.74) is 0.636. The second kappa shape index (κ2) is 7.78. The molecule has 2 N–H and O–H groups in total. The number of nitrogens with one attached hydrogen (secondary N) is 1. The van der Waals surface area contributed by atoms with E-state index in [1.165, 1.54) is 5.56 Å². The predicted octanol–water partition coefficient (Wildman–Crippen LogP) is 2.50. The van der Waals surface area contributed by atoms with Gasteiger partial charge in [-0.25, -0.2) is 0 Å². The molecule has 2 unspecified atom stereocenters. The van der Waals surface area contributed by atoms with E-state index in [0.29, 0.717) is 12.5 Å². The minimum absolute atomic E-state index is 0.413. The lowest BCUT2D eigenvalue weighted by Crippen LogP contribution is -2.41. The number of thioether (sulfide) groups is 1. The van der Waals surface area contributed by atoms with Crippen LogP contribution in [0.1, 0.15) is 25.3 Å². The monoisotopic (exact) mass is 283 g/mol. The van der Waals surface area contributed by atoms with Crippen LogP contribution in [0.2, 0.25) is 0 Å². The summed E-state index contributed by atoms with van der Waals surface area (Å²) in [6.07, 6.45) is 2.01. The van der Waals surface area contributed by atoms with Crippen molar-refractivity contribution in [1.29, 1.82) is 0 Å². The van der Waals surface area contributed by atoms with E-state index >= 15 is 0 Å².